The van der Waals surface area contributed by atoms with Crippen molar-refractivity contribution in [2.75, 3.05) is 0 Å². The molecule has 0 radical (unpaired) electrons. The molecule has 0 saturated carbocycles. The second kappa shape index (κ2) is 10.1. The van der Waals surface area contributed by atoms with Crippen molar-refractivity contribution in [2.24, 2.45) is 0 Å². The third kappa shape index (κ3) is 4.94. The quantitative estimate of drug-likeness (QED) is 0.411. The molecule has 0 aliphatic carbocycles. The Morgan fingerprint density at radius 1 is 0.844 bits per heavy atom. The molecular weight excluding hydrogens is 416 g/mol. The summed E-state index contributed by atoms with van der Waals surface area (Å²) >= 11 is 0. The van der Waals surface area contributed by atoms with Gasteiger partial charge in [-0.15, -0.1) is 0 Å². The summed E-state index contributed by atoms with van der Waals surface area (Å²) in [6.07, 6.45) is -6.71. The van der Waals surface area contributed by atoms with Crippen LogP contribution < -0.4 is 4.74 Å². The molecule has 8 heteroatoms. The number of carboxylic acid groups (broad SMARTS) is 1. The third-order valence-corrected chi connectivity index (χ3v) is 5.56. The summed E-state index contributed by atoms with van der Waals surface area (Å²) in [5, 5.41) is 48.6. The van der Waals surface area contributed by atoms with E-state index in [1.165, 1.54) is 0 Å². The third-order valence-electron chi connectivity index (χ3n) is 5.56. The topological polar surface area (TPSA) is 137 Å². The number of aliphatic hydroxyl groups excluding tert-OH is 3. The summed E-state index contributed by atoms with van der Waals surface area (Å²) in [5.74, 6) is -0.950. The Morgan fingerprint density at radius 3 is 1.81 bits per heavy atom. The molecule has 8 nitrogen and oxygen atoms in total. The van der Waals surface area contributed by atoms with E-state index >= 15 is 0 Å². The fourth-order valence-electron chi connectivity index (χ4n) is 3.86. The predicted molar refractivity (Wildman–Crippen MR) is 117 cm³/mol. The zero-order valence-corrected chi connectivity index (χ0v) is 17.9. The lowest BCUT2D eigenvalue weighted by Gasteiger charge is -2.38. The lowest BCUT2D eigenvalue weighted by atomic mass is 9.91. The molecule has 2 aromatic rings. The molecule has 1 aliphatic heterocycles. The number of phenolic OH excluding ortho intramolecular Hbond substituents is 1. The fraction of sp³-hybridized carbons (Fsp3) is 0.375. The van der Waals surface area contributed by atoms with Gasteiger partial charge in [-0.1, -0.05) is 38.1 Å². The summed E-state index contributed by atoms with van der Waals surface area (Å²) in [7, 11) is 0. The minimum atomic E-state index is -1.77. The number of aliphatic hydroxyl groups is 3. The van der Waals surface area contributed by atoms with E-state index in [1.807, 2.05) is 24.3 Å². The van der Waals surface area contributed by atoms with Gasteiger partial charge in [0.1, 0.15) is 29.8 Å². The van der Waals surface area contributed by atoms with Crippen LogP contribution in [0.3, 0.4) is 0 Å². The number of rotatable bonds is 7. The van der Waals surface area contributed by atoms with Crippen molar-refractivity contribution >= 4 is 17.1 Å². The molecule has 172 valence electrons. The van der Waals surface area contributed by atoms with Crippen molar-refractivity contribution in [1.29, 1.82) is 0 Å². The molecule has 0 aromatic heterocycles. The number of carbonyl (C=O) groups is 1. The van der Waals surface area contributed by atoms with Gasteiger partial charge in [0.2, 0.25) is 6.29 Å². The predicted octanol–water partition coefficient (Wildman–Crippen LogP) is 2.39. The van der Waals surface area contributed by atoms with Crippen molar-refractivity contribution in [2.45, 2.75) is 57.4 Å². The largest absolute Gasteiger partial charge is 0.508 e. The van der Waals surface area contributed by atoms with Gasteiger partial charge in [-0.05, 0) is 59.4 Å². The smallest absolute Gasteiger partial charge is 0.335 e. The average molecular weight is 444 g/mol. The zero-order chi connectivity index (χ0) is 23.4. The number of aromatic hydroxyl groups is 1. The van der Waals surface area contributed by atoms with Gasteiger partial charge in [-0.3, -0.25) is 0 Å². The molecule has 0 amide bonds. The second-order valence-electron chi connectivity index (χ2n) is 7.59. The molecule has 1 fully saturated rings. The van der Waals surface area contributed by atoms with Crippen LogP contribution in [-0.4, -0.2) is 62.2 Å². The molecule has 3 rings (SSSR count). The minimum Gasteiger partial charge on any atom is -0.508 e. The first kappa shape index (κ1) is 23.7. The molecule has 5 unspecified atom stereocenters. The molecule has 2 aromatic carbocycles. The number of phenols is 1. The number of ether oxygens (including phenoxy) is 2. The van der Waals surface area contributed by atoms with Gasteiger partial charge < -0.3 is 35.0 Å². The van der Waals surface area contributed by atoms with Crippen LogP contribution in [0.5, 0.6) is 11.5 Å². The number of aliphatic carboxylic acids is 1. The molecule has 1 saturated heterocycles. The van der Waals surface area contributed by atoms with Crippen LogP contribution in [0.2, 0.25) is 0 Å². The van der Waals surface area contributed by atoms with Gasteiger partial charge in [0, 0.05) is 0 Å². The van der Waals surface area contributed by atoms with Crippen LogP contribution in [-0.2, 0) is 9.53 Å². The number of hydrogen-bond donors (Lipinski definition) is 5. The zero-order valence-electron chi connectivity index (χ0n) is 17.9. The number of hydrogen-bond acceptors (Lipinski definition) is 7. The molecule has 5 N–H and O–H groups in total. The minimum absolute atomic E-state index is 0.207. The Balaban J connectivity index is 1.83. The summed E-state index contributed by atoms with van der Waals surface area (Å²) in [5.41, 5.74) is 4.26. The van der Waals surface area contributed by atoms with Gasteiger partial charge >= 0.3 is 5.97 Å². The molecule has 1 aliphatic rings. The highest BCUT2D eigenvalue weighted by molar-refractivity contribution is 5.90. The maximum Gasteiger partial charge on any atom is 0.335 e. The maximum atomic E-state index is 11.2. The fourth-order valence-corrected chi connectivity index (χ4v) is 3.86. The van der Waals surface area contributed by atoms with E-state index in [4.69, 9.17) is 14.6 Å². The number of allylic oxidation sites excluding steroid dienone is 2. The Labute approximate surface area is 186 Å². The van der Waals surface area contributed by atoms with Crippen LogP contribution in [0.1, 0.15) is 37.8 Å². The van der Waals surface area contributed by atoms with Crippen molar-refractivity contribution in [3.05, 3.63) is 59.7 Å². The Morgan fingerprint density at radius 2 is 1.34 bits per heavy atom. The molecule has 0 bridgehead atoms. The van der Waals surface area contributed by atoms with Crippen LogP contribution in [0.25, 0.3) is 11.1 Å². The van der Waals surface area contributed by atoms with E-state index in [0.717, 1.165) is 35.1 Å². The Kier molecular flexibility index (Phi) is 7.52. The normalized spacial score (nSPS) is 26.3. The second-order valence-corrected chi connectivity index (χ2v) is 7.59. The molecule has 0 spiro atoms. The SMILES string of the molecule is CC/C(=C(/CC)c1ccc(OC2OC(C(=O)O)C(O)C(O)C2O)cc1)c1ccc(O)cc1. The van der Waals surface area contributed by atoms with Gasteiger partial charge in [-0.2, -0.15) is 0 Å². The lowest BCUT2D eigenvalue weighted by Crippen LogP contribution is -2.61. The van der Waals surface area contributed by atoms with E-state index in [9.17, 15) is 25.2 Å². The summed E-state index contributed by atoms with van der Waals surface area (Å²) in [6.45, 7) is 4.12. The van der Waals surface area contributed by atoms with Crippen LogP contribution in [0.4, 0.5) is 0 Å². The van der Waals surface area contributed by atoms with E-state index in [1.54, 1.807) is 24.3 Å². The van der Waals surface area contributed by atoms with E-state index < -0.39 is 36.7 Å². The maximum absolute atomic E-state index is 11.2. The van der Waals surface area contributed by atoms with Gasteiger partial charge in [0.05, 0.1) is 0 Å². The highest BCUT2D eigenvalue weighted by Gasteiger charge is 2.48. The van der Waals surface area contributed by atoms with E-state index in [0.29, 0.717) is 5.75 Å². The first-order chi connectivity index (χ1) is 15.3. The summed E-state index contributed by atoms with van der Waals surface area (Å²) < 4.78 is 10.7. The first-order valence-corrected chi connectivity index (χ1v) is 10.5. The highest BCUT2D eigenvalue weighted by atomic mass is 16.7. The molecule has 1 heterocycles. The monoisotopic (exact) mass is 444 g/mol. The van der Waals surface area contributed by atoms with Gasteiger partial charge in [0.15, 0.2) is 6.10 Å². The molecule has 32 heavy (non-hydrogen) atoms. The number of carboxylic acids is 1. The number of benzene rings is 2. The van der Waals surface area contributed by atoms with Crippen LogP contribution in [0.15, 0.2) is 48.5 Å². The van der Waals surface area contributed by atoms with Crippen LogP contribution in [0, 0.1) is 0 Å². The lowest BCUT2D eigenvalue weighted by molar-refractivity contribution is -0.271. The van der Waals surface area contributed by atoms with Crippen LogP contribution >= 0.6 is 0 Å². The van der Waals surface area contributed by atoms with E-state index in [2.05, 4.69) is 13.8 Å². The van der Waals surface area contributed by atoms with Crippen molar-refractivity contribution in [3.63, 3.8) is 0 Å². The Bertz CT molecular complexity index is 951. The summed E-state index contributed by atoms with van der Waals surface area (Å²) in [4.78, 5) is 11.2. The highest BCUT2D eigenvalue weighted by Crippen LogP contribution is 2.33. The van der Waals surface area contributed by atoms with Crippen molar-refractivity contribution in [1.82, 2.24) is 0 Å². The van der Waals surface area contributed by atoms with E-state index in [-0.39, 0.29) is 5.75 Å². The van der Waals surface area contributed by atoms with Crippen molar-refractivity contribution in [3.8, 4) is 11.5 Å². The first-order valence-electron chi connectivity index (χ1n) is 10.5. The average Bonchev–Trinajstić information content (AvgIpc) is 2.79. The molecule has 5 atom stereocenters. The standard InChI is InChI=1S/C24H28O8/c1-3-17(13-5-9-15(25)10-6-13)18(4-2)14-7-11-16(12-8-14)31-24-21(28)19(26)20(27)22(32-24)23(29)30/h5-12,19-22,24-28H,3-4H2,1-2H3,(H,29,30)/b18-17+. The van der Waals surface area contributed by atoms with Gasteiger partial charge in [0.25, 0.3) is 0 Å². The van der Waals surface area contributed by atoms with Gasteiger partial charge in [-0.25, -0.2) is 4.79 Å². The van der Waals surface area contributed by atoms with Crippen molar-refractivity contribution < 1.29 is 39.8 Å². The summed E-state index contributed by atoms with van der Waals surface area (Å²) in [6, 6.07) is 14.1. The molecular formula is C24H28O8. The Hall–Kier alpha value is -2.91.